The summed E-state index contributed by atoms with van der Waals surface area (Å²) in [6.45, 7) is 3.94. The highest BCUT2D eigenvalue weighted by atomic mass is 16.1. The molecule has 3 rings (SSSR count). The van der Waals surface area contributed by atoms with E-state index in [1.807, 2.05) is 6.07 Å². The number of nitrogens with zero attached hydrogens (tertiary/aromatic N) is 1. The van der Waals surface area contributed by atoms with Gasteiger partial charge in [-0.3, -0.25) is 9.78 Å². The Bertz CT molecular complexity index is 646. The van der Waals surface area contributed by atoms with Crippen molar-refractivity contribution in [1.82, 2.24) is 15.6 Å². The molecule has 1 aromatic carbocycles. The van der Waals surface area contributed by atoms with Gasteiger partial charge in [0.2, 0.25) is 0 Å². The number of hydrogen-bond acceptors (Lipinski definition) is 3. The number of carbonyl (C=O) groups is 1. The van der Waals surface area contributed by atoms with Gasteiger partial charge < -0.3 is 10.6 Å². The molecule has 4 nitrogen and oxygen atoms in total. The van der Waals surface area contributed by atoms with Gasteiger partial charge in [0.15, 0.2) is 0 Å². The van der Waals surface area contributed by atoms with Crippen molar-refractivity contribution in [1.29, 1.82) is 0 Å². The second kappa shape index (κ2) is 6.71. The largest absolute Gasteiger partial charge is 0.348 e. The van der Waals surface area contributed by atoms with Gasteiger partial charge in [-0.2, -0.15) is 0 Å². The lowest BCUT2D eigenvalue weighted by atomic mass is 10.0. The molecule has 2 N–H and O–H groups in total. The van der Waals surface area contributed by atoms with Crippen LogP contribution in [0.2, 0.25) is 0 Å². The molecule has 0 radical (unpaired) electrons. The number of aromatic nitrogens is 1. The smallest absolute Gasteiger partial charge is 0.253 e. The molecule has 1 unspecified atom stereocenters. The van der Waals surface area contributed by atoms with Crippen LogP contribution in [0.1, 0.15) is 28.8 Å². The molecular formula is C18H21N3O. The summed E-state index contributed by atoms with van der Waals surface area (Å²) in [6, 6.07) is 10.4. The SMILES string of the molecule is Cc1ccc(-c2cncc(C(=O)NC3CCCNC3)c2)cc1. The third-order valence-corrected chi connectivity index (χ3v) is 4.02. The Balaban J connectivity index is 1.75. The van der Waals surface area contributed by atoms with Gasteiger partial charge in [-0.05, 0) is 37.9 Å². The van der Waals surface area contributed by atoms with Gasteiger partial charge in [-0.25, -0.2) is 0 Å². The van der Waals surface area contributed by atoms with Gasteiger partial charge >= 0.3 is 0 Å². The minimum absolute atomic E-state index is 0.0461. The molecule has 0 bridgehead atoms. The van der Waals surface area contributed by atoms with Crippen molar-refractivity contribution in [3.05, 3.63) is 53.9 Å². The van der Waals surface area contributed by atoms with E-state index in [-0.39, 0.29) is 11.9 Å². The normalized spacial score (nSPS) is 18.0. The number of rotatable bonds is 3. The third kappa shape index (κ3) is 3.52. The van der Waals surface area contributed by atoms with Gasteiger partial charge in [0.05, 0.1) is 5.56 Å². The van der Waals surface area contributed by atoms with E-state index in [2.05, 4.69) is 46.8 Å². The minimum atomic E-state index is -0.0461. The van der Waals surface area contributed by atoms with Crippen molar-refractivity contribution >= 4 is 5.91 Å². The fourth-order valence-electron chi connectivity index (χ4n) is 2.71. The molecule has 2 aromatic rings. The monoisotopic (exact) mass is 295 g/mol. The summed E-state index contributed by atoms with van der Waals surface area (Å²) in [5, 5.41) is 6.39. The summed E-state index contributed by atoms with van der Waals surface area (Å²) in [7, 11) is 0. The minimum Gasteiger partial charge on any atom is -0.348 e. The Morgan fingerprint density at radius 1 is 1.23 bits per heavy atom. The van der Waals surface area contributed by atoms with Crippen molar-refractivity contribution in [2.75, 3.05) is 13.1 Å². The topological polar surface area (TPSA) is 54.0 Å². The van der Waals surface area contributed by atoms with Gasteiger partial charge in [0, 0.05) is 30.5 Å². The molecule has 1 fully saturated rings. The maximum absolute atomic E-state index is 12.4. The van der Waals surface area contributed by atoms with Crippen LogP contribution >= 0.6 is 0 Å². The maximum atomic E-state index is 12.4. The summed E-state index contributed by atoms with van der Waals surface area (Å²) in [5.74, 6) is -0.0461. The van der Waals surface area contributed by atoms with Crippen LogP contribution in [0.25, 0.3) is 11.1 Å². The summed E-state index contributed by atoms with van der Waals surface area (Å²) >= 11 is 0. The maximum Gasteiger partial charge on any atom is 0.253 e. The summed E-state index contributed by atoms with van der Waals surface area (Å²) in [5.41, 5.74) is 3.88. The van der Waals surface area contributed by atoms with E-state index < -0.39 is 0 Å². The number of carbonyl (C=O) groups excluding carboxylic acids is 1. The molecule has 1 atom stereocenters. The van der Waals surface area contributed by atoms with Crippen LogP contribution in [0, 0.1) is 6.92 Å². The lowest BCUT2D eigenvalue weighted by molar-refractivity contribution is 0.0930. The highest BCUT2D eigenvalue weighted by Crippen LogP contribution is 2.20. The van der Waals surface area contributed by atoms with Crippen LogP contribution in [-0.4, -0.2) is 30.0 Å². The molecule has 1 amide bonds. The zero-order valence-electron chi connectivity index (χ0n) is 12.8. The fraction of sp³-hybridized carbons (Fsp3) is 0.333. The van der Waals surface area contributed by atoms with E-state index in [0.717, 1.165) is 37.1 Å². The second-order valence-corrected chi connectivity index (χ2v) is 5.85. The lowest BCUT2D eigenvalue weighted by Crippen LogP contribution is -2.45. The van der Waals surface area contributed by atoms with E-state index in [1.54, 1.807) is 12.4 Å². The number of aryl methyl sites for hydroxylation is 1. The summed E-state index contributed by atoms with van der Waals surface area (Å²) in [4.78, 5) is 16.6. The zero-order chi connectivity index (χ0) is 15.4. The number of amides is 1. The first-order valence-corrected chi connectivity index (χ1v) is 7.76. The molecule has 0 aliphatic carbocycles. The fourth-order valence-corrected chi connectivity index (χ4v) is 2.71. The first-order valence-electron chi connectivity index (χ1n) is 7.76. The van der Waals surface area contributed by atoms with Crippen LogP contribution in [0.5, 0.6) is 0 Å². The molecule has 0 saturated carbocycles. The van der Waals surface area contributed by atoms with Crippen molar-refractivity contribution < 1.29 is 4.79 Å². The number of benzene rings is 1. The van der Waals surface area contributed by atoms with Crippen LogP contribution < -0.4 is 10.6 Å². The Hall–Kier alpha value is -2.20. The Morgan fingerprint density at radius 2 is 2.05 bits per heavy atom. The second-order valence-electron chi connectivity index (χ2n) is 5.85. The molecule has 114 valence electrons. The summed E-state index contributed by atoms with van der Waals surface area (Å²) < 4.78 is 0. The first kappa shape index (κ1) is 14.7. The van der Waals surface area contributed by atoms with E-state index >= 15 is 0 Å². The quantitative estimate of drug-likeness (QED) is 0.915. The molecule has 2 heterocycles. The van der Waals surface area contributed by atoms with Crippen LogP contribution in [0.3, 0.4) is 0 Å². The van der Waals surface area contributed by atoms with Crippen LogP contribution in [0.4, 0.5) is 0 Å². The van der Waals surface area contributed by atoms with Gasteiger partial charge in [-0.1, -0.05) is 29.8 Å². The number of piperidine rings is 1. The highest BCUT2D eigenvalue weighted by Gasteiger charge is 2.16. The zero-order valence-corrected chi connectivity index (χ0v) is 12.8. The van der Waals surface area contributed by atoms with Crippen LogP contribution in [-0.2, 0) is 0 Å². The average Bonchev–Trinajstić information content (AvgIpc) is 2.56. The average molecular weight is 295 g/mol. The van der Waals surface area contributed by atoms with Crippen molar-refractivity contribution in [2.24, 2.45) is 0 Å². The molecule has 1 aliphatic rings. The first-order chi connectivity index (χ1) is 10.7. The Morgan fingerprint density at radius 3 is 2.77 bits per heavy atom. The molecule has 1 saturated heterocycles. The summed E-state index contributed by atoms with van der Waals surface area (Å²) in [6.07, 6.45) is 5.56. The predicted octanol–water partition coefficient (Wildman–Crippen LogP) is 2.54. The number of pyridine rings is 1. The Labute approximate surface area is 131 Å². The van der Waals surface area contributed by atoms with E-state index in [4.69, 9.17) is 0 Å². The molecular weight excluding hydrogens is 274 g/mol. The highest BCUT2D eigenvalue weighted by molar-refractivity contribution is 5.95. The van der Waals surface area contributed by atoms with E-state index in [9.17, 15) is 4.79 Å². The molecule has 4 heteroatoms. The Kier molecular flexibility index (Phi) is 4.49. The number of hydrogen-bond donors (Lipinski definition) is 2. The van der Waals surface area contributed by atoms with E-state index in [0.29, 0.717) is 5.56 Å². The van der Waals surface area contributed by atoms with Crippen molar-refractivity contribution in [2.45, 2.75) is 25.8 Å². The standard InChI is InChI=1S/C18H21N3O/c1-13-4-6-14(7-5-13)15-9-16(11-20-10-15)18(22)21-17-3-2-8-19-12-17/h4-7,9-11,17,19H,2-3,8,12H2,1H3,(H,21,22). The van der Waals surface area contributed by atoms with E-state index in [1.165, 1.54) is 5.56 Å². The van der Waals surface area contributed by atoms with Crippen molar-refractivity contribution in [3.63, 3.8) is 0 Å². The molecule has 22 heavy (non-hydrogen) atoms. The molecule has 0 spiro atoms. The van der Waals surface area contributed by atoms with Gasteiger partial charge in [-0.15, -0.1) is 0 Å². The van der Waals surface area contributed by atoms with Crippen LogP contribution in [0.15, 0.2) is 42.7 Å². The van der Waals surface area contributed by atoms with Gasteiger partial charge in [0.1, 0.15) is 0 Å². The lowest BCUT2D eigenvalue weighted by Gasteiger charge is -2.23. The molecule has 1 aromatic heterocycles. The van der Waals surface area contributed by atoms with Crippen molar-refractivity contribution in [3.8, 4) is 11.1 Å². The molecule has 1 aliphatic heterocycles. The third-order valence-electron chi connectivity index (χ3n) is 4.02. The predicted molar refractivity (Wildman–Crippen MR) is 87.8 cm³/mol. The van der Waals surface area contributed by atoms with Gasteiger partial charge in [0.25, 0.3) is 5.91 Å². The number of nitrogens with one attached hydrogen (secondary N) is 2.